The average Bonchev–Trinajstić information content (AvgIpc) is 2.97. The van der Waals surface area contributed by atoms with Gasteiger partial charge in [-0.15, -0.1) is 0 Å². The Balaban J connectivity index is 1.61. The van der Waals surface area contributed by atoms with Crippen molar-refractivity contribution in [3.8, 4) is 0 Å². The first-order chi connectivity index (χ1) is 21.8. The fourth-order valence-electron chi connectivity index (χ4n) is 4.27. The molecule has 46 heavy (non-hydrogen) atoms. The molecule has 1 aromatic heterocycles. The molecule has 0 aliphatic carbocycles. The van der Waals surface area contributed by atoms with Crippen molar-refractivity contribution in [2.75, 3.05) is 31.5 Å². The number of hydrogen-bond acceptors (Lipinski definition) is 9. The van der Waals surface area contributed by atoms with Gasteiger partial charge in [-0.3, -0.25) is 29.7 Å². The van der Waals surface area contributed by atoms with Gasteiger partial charge in [0.2, 0.25) is 11.9 Å². The smallest absolute Gasteiger partial charge is 0.414 e. The fourth-order valence-corrected chi connectivity index (χ4v) is 4.27. The maximum atomic E-state index is 13.0. The largest absolute Gasteiger partial charge is 0.480 e. The Morgan fingerprint density at radius 2 is 1.61 bits per heavy atom. The van der Waals surface area contributed by atoms with Crippen molar-refractivity contribution in [3.05, 3.63) is 92.9 Å². The summed E-state index contributed by atoms with van der Waals surface area (Å²) in [5, 5.41) is 14.2. The van der Waals surface area contributed by atoms with E-state index in [1.165, 1.54) is 0 Å². The van der Waals surface area contributed by atoms with Gasteiger partial charge in [-0.05, 0) is 45.5 Å². The Labute approximate surface area is 265 Å². The van der Waals surface area contributed by atoms with Gasteiger partial charge in [-0.25, -0.2) is 14.6 Å². The zero-order valence-corrected chi connectivity index (χ0v) is 26.2. The number of nitrogens with zero attached hydrogens (tertiary/aromatic N) is 3. The molecule has 0 aliphatic heterocycles. The summed E-state index contributed by atoms with van der Waals surface area (Å²) in [5.41, 5.74) is 1.89. The van der Waals surface area contributed by atoms with E-state index < -0.39 is 54.3 Å². The number of ether oxygens (including phenoxy) is 2. The average molecular weight is 635 g/mol. The summed E-state index contributed by atoms with van der Waals surface area (Å²) in [6.07, 6.45) is -1.74. The molecule has 14 nitrogen and oxygen atoms in total. The number of rotatable bonds is 14. The molecule has 14 heteroatoms. The molecule has 244 valence electrons. The SMILES string of the molecule is C=NCC(C)(C)OC(=O)Nc1ncc(CC(=O)N(CCNC(=O)OC(c2ccc(C)cc2)c2ccc(C)cc2)CC(=O)O)c(=O)[nH]1. The number of hydrogen-bond donors (Lipinski definition) is 4. The first-order valence-corrected chi connectivity index (χ1v) is 14.3. The van der Waals surface area contributed by atoms with E-state index >= 15 is 0 Å². The van der Waals surface area contributed by atoms with E-state index in [4.69, 9.17) is 9.47 Å². The van der Waals surface area contributed by atoms with Crippen LogP contribution in [0.5, 0.6) is 0 Å². The van der Waals surface area contributed by atoms with Gasteiger partial charge < -0.3 is 24.8 Å². The summed E-state index contributed by atoms with van der Waals surface area (Å²) in [6, 6.07) is 15.1. The predicted octanol–water partition coefficient (Wildman–Crippen LogP) is 3.39. The minimum absolute atomic E-state index is 0.0677. The quantitative estimate of drug-likeness (QED) is 0.192. The molecule has 2 aromatic carbocycles. The lowest BCUT2D eigenvalue weighted by atomic mass is 9.99. The van der Waals surface area contributed by atoms with Crippen LogP contribution in [0.2, 0.25) is 0 Å². The number of aromatic amines is 1. The van der Waals surface area contributed by atoms with E-state index in [-0.39, 0.29) is 31.1 Å². The highest BCUT2D eigenvalue weighted by molar-refractivity contribution is 5.84. The minimum atomic E-state index is -1.28. The topological polar surface area (TPSA) is 192 Å². The molecule has 0 spiro atoms. The van der Waals surface area contributed by atoms with Crippen LogP contribution in [0.25, 0.3) is 0 Å². The van der Waals surface area contributed by atoms with Gasteiger partial charge >= 0.3 is 18.2 Å². The lowest BCUT2D eigenvalue weighted by molar-refractivity contribution is -0.144. The monoisotopic (exact) mass is 634 g/mol. The highest BCUT2D eigenvalue weighted by Gasteiger charge is 2.24. The first-order valence-electron chi connectivity index (χ1n) is 14.3. The standard InChI is InChI=1S/C32H38N6O8/c1-20-6-10-22(11-7-20)27(23-12-8-21(2)9-13-23)45-30(43)34-14-15-38(18-26(40)41)25(39)16-24-17-35-29(36-28(24)42)37-31(44)46-32(3,4)19-33-5/h6-13,17,27H,5,14-16,18-19H2,1-4H3,(H,34,43)(H,40,41)(H2,35,36,37,42,44). The number of carboxylic acid groups (broad SMARTS) is 1. The van der Waals surface area contributed by atoms with E-state index in [0.29, 0.717) is 0 Å². The molecule has 1 heterocycles. The van der Waals surface area contributed by atoms with E-state index in [2.05, 4.69) is 32.3 Å². The number of aromatic nitrogens is 2. The molecule has 0 radical (unpaired) electrons. The summed E-state index contributed by atoms with van der Waals surface area (Å²) >= 11 is 0. The fraction of sp³-hybridized carbons (Fsp3) is 0.344. The molecule has 3 rings (SSSR count). The molecule has 0 unspecified atom stereocenters. The van der Waals surface area contributed by atoms with Crippen molar-refractivity contribution in [2.45, 2.75) is 45.8 Å². The van der Waals surface area contributed by atoms with Crippen molar-refractivity contribution in [3.63, 3.8) is 0 Å². The van der Waals surface area contributed by atoms with E-state index in [0.717, 1.165) is 33.4 Å². The van der Waals surface area contributed by atoms with Crippen LogP contribution < -0.4 is 16.2 Å². The molecule has 0 atom stereocenters. The molecule has 0 saturated carbocycles. The Morgan fingerprint density at radius 3 is 2.13 bits per heavy atom. The third-order valence-electron chi connectivity index (χ3n) is 6.61. The third-order valence-corrected chi connectivity index (χ3v) is 6.61. The number of alkyl carbamates (subject to hydrolysis) is 1. The van der Waals surface area contributed by atoms with Crippen LogP contribution in [0.3, 0.4) is 0 Å². The van der Waals surface area contributed by atoms with Gasteiger partial charge in [0.25, 0.3) is 5.56 Å². The lowest BCUT2D eigenvalue weighted by Gasteiger charge is -2.23. The number of anilines is 1. The highest BCUT2D eigenvalue weighted by Crippen LogP contribution is 2.27. The molecule has 3 aromatic rings. The molecule has 4 N–H and O–H groups in total. The van der Waals surface area contributed by atoms with Crippen LogP contribution in [0.1, 0.15) is 47.8 Å². The van der Waals surface area contributed by atoms with Crippen molar-refractivity contribution in [1.82, 2.24) is 20.2 Å². The maximum absolute atomic E-state index is 13.0. The van der Waals surface area contributed by atoms with Gasteiger partial charge in [0, 0.05) is 24.8 Å². The van der Waals surface area contributed by atoms with E-state index in [1.54, 1.807) is 13.8 Å². The Bertz CT molecular complexity index is 1560. The zero-order valence-electron chi connectivity index (χ0n) is 26.2. The van der Waals surface area contributed by atoms with Crippen LogP contribution >= 0.6 is 0 Å². The second kappa shape index (κ2) is 16.0. The number of carbonyl (C=O) groups is 4. The van der Waals surface area contributed by atoms with Crippen LogP contribution in [0.15, 0.2) is 64.5 Å². The van der Waals surface area contributed by atoms with Gasteiger partial charge in [0.15, 0.2) is 6.10 Å². The van der Waals surface area contributed by atoms with Crippen LogP contribution in [0.4, 0.5) is 15.5 Å². The predicted molar refractivity (Wildman–Crippen MR) is 170 cm³/mol. The van der Waals surface area contributed by atoms with Crippen molar-refractivity contribution in [1.29, 1.82) is 0 Å². The van der Waals surface area contributed by atoms with Crippen molar-refractivity contribution >= 4 is 36.7 Å². The number of amides is 3. The normalized spacial score (nSPS) is 11.0. The number of aliphatic carboxylic acids is 1. The minimum Gasteiger partial charge on any atom is -0.480 e. The molecule has 0 saturated heterocycles. The van der Waals surface area contributed by atoms with Crippen LogP contribution in [0, 0.1) is 13.8 Å². The molecule has 0 aliphatic rings. The molecular formula is C32H38N6O8. The van der Waals surface area contributed by atoms with E-state index in [1.807, 2.05) is 62.4 Å². The summed E-state index contributed by atoms with van der Waals surface area (Å²) in [5.74, 6) is -2.19. The molecule has 0 fully saturated rings. The zero-order chi connectivity index (χ0) is 33.9. The number of nitrogens with one attached hydrogen (secondary N) is 3. The van der Waals surface area contributed by atoms with Gasteiger partial charge in [-0.2, -0.15) is 0 Å². The lowest BCUT2D eigenvalue weighted by Crippen LogP contribution is -2.42. The molecular weight excluding hydrogens is 596 g/mol. The number of H-pyrrole nitrogens is 1. The summed E-state index contributed by atoms with van der Waals surface area (Å²) < 4.78 is 11.0. The molecule has 3 amide bonds. The Kier molecular flexibility index (Phi) is 12.1. The number of carbonyl (C=O) groups excluding carboxylic acids is 3. The second-order valence-corrected chi connectivity index (χ2v) is 11.2. The van der Waals surface area contributed by atoms with Gasteiger partial charge in [0.1, 0.15) is 12.1 Å². The third kappa shape index (κ3) is 10.9. The summed E-state index contributed by atoms with van der Waals surface area (Å²) in [4.78, 5) is 73.0. The number of benzene rings is 2. The Morgan fingerprint density at radius 1 is 1.02 bits per heavy atom. The number of carboxylic acids is 1. The number of aryl methyl sites for hydroxylation is 2. The van der Waals surface area contributed by atoms with Crippen LogP contribution in [-0.2, 0) is 25.5 Å². The highest BCUT2D eigenvalue weighted by atomic mass is 16.6. The summed E-state index contributed by atoms with van der Waals surface area (Å²) in [7, 11) is 0. The molecule has 0 bridgehead atoms. The Hall–Kier alpha value is -5.53. The maximum Gasteiger partial charge on any atom is 0.414 e. The van der Waals surface area contributed by atoms with Gasteiger partial charge in [0.05, 0.1) is 13.0 Å². The van der Waals surface area contributed by atoms with Crippen molar-refractivity contribution < 1.29 is 33.8 Å². The van der Waals surface area contributed by atoms with Crippen molar-refractivity contribution in [2.24, 2.45) is 4.99 Å². The first kappa shape index (κ1) is 35.0. The van der Waals surface area contributed by atoms with E-state index in [9.17, 15) is 29.1 Å². The summed E-state index contributed by atoms with van der Waals surface area (Å²) in [6.45, 7) is 9.70. The number of aliphatic imine (C=N–C) groups is 1. The van der Waals surface area contributed by atoms with Gasteiger partial charge in [-0.1, -0.05) is 59.7 Å². The van der Waals surface area contributed by atoms with Crippen LogP contribution in [-0.4, -0.2) is 82.5 Å². The second-order valence-electron chi connectivity index (χ2n) is 11.2.